The molecule has 0 aliphatic carbocycles. The molecule has 1 aromatic rings. The summed E-state index contributed by atoms with van der Waals surface area (Å²) < 4.78 is 83.6. The molecule has 1 fully saturated rings. The average molecular weight is 443 g/mol. The van der Waals surface area contributed by atoms with Gasteiger partial charge in [0.05, 0.1) is 23.1 Å². The van der Waals surface area contributed by atoms with Gasteiger partial charge in [-0.15, -0.1) is 11.8 Å². The van der Waals surface area contributed by atoms with Crippen LogP contribution in [-0.2, 0) is 21.9 Å². The topological polar surface area (TPSA) is 46.6 Å². The molecule has 2 atom stereocenters. The third kappa shape index (κ3) is 5.18. The van der Waals surface area contributed by atoms with Gasteiger partial charge >= 0.3 is 18.3 Å². The molecule has 2 rings (SSSR count). The Balaban J connectivity index is 2.55. The quantitative estimate of drug-likeness (QED) is 0.494. The molecule has 2 unspecified atom stereocenters. The first-order valence-electron chi connectivity index (χ1n) is 8.67. The summed E-state index contributed by atoms with van der Waals surface area (Å²) in [4.78, 5) is 26.3. The predicted octanol–water partition coefficient (Wildman–Crippen LogP) is 4.83. The number of alkyl halides is 6. The first-order chi connectivity index (χ1) is 13.3. The highest BCUT2D eigenvalue weighted by Gasteiger charge is 2.45. The van der Waals surface area contributed by atoms with Crippen LogP contribution in [0.2, 0.25) is 0 Å². The van der Waals surface area contributed by atoms with Crippen molar-refractivity contribution >= 4 is 23.6 Å². The Labute approximate surface area is 167 Å². The lowest BCUT2D eigenvalue weighted by Crippen LogP contribution is -2.47. The largest absolute Gasteiger partial charge is 0.464 e. The number of carbonyl (C=O) groups excluding carboxylic acids is 2. The molecule has 4 nitrogen and oxygen atoms in total. The summed E-state index contributed by atoms with van der Waals surface area (Å²) in [6.45, 7) is 5.04. The van der Waals surface area contributed by atoms with Crippen molar-refractivity contribution < 1.29 is 40.7 Å². The van der Waals surface area contributed by atoms with E-state index in [0.717, 1.165) is 4.90 Å². The van der Waals surface area contributed by atoms with Crippen LogP contribution in [0.15, 0.2) is 18.2 Å². The summed E-state index contributed by atoms with van der Waals surface area (Å²) in [5.41, 5.74) is -3.96. The van der Waals surface area contributed by atoms with E-state index >= 15 is 0 Å². The van der Waals surface area contributed by atoms with Crippen LogP contribution in [0.4, 0.5) is 26.3 Å². The Bertz CT molecular complexity index is 746. The normalized spacial score (nSPS) is 20.3. The minimum absolute atomic E-state index is 0.0240. The zero-order valence-corrected chi connectivity index (χ0v) is 16.5. The highest BCUT2D eigenvalue weighted by atomic mass is 32.2. The molecule has 0 spiro atoms. The maximum absolute atomic E-state index is 13.1. The summed E-state index contributed by atoms with van der Waals surface area (Å²) in [6, 6.07) is -0.387. The van der Waals surface area contributed by atoms with Gasteiger partial charge in [0.25, 0.3) is 5.91 Å². The number of carbonyl (C=O) groups is 2. The number of thioether (sulfide) groups is 1. The van der Waals surface area contributed by atoms with Crippen LogP contribution in [0.1, 0.15) is 42.3 Å². The highest BCUT2D eigenvalue weighted by molar-refractivity contribution is 8.00. The van der Waals surface area contributed by atoms with Crippen molar-refractivity contribution in [3.05, 3.63) is 34.9 Å². The van der Waals surface area contributed by atoms with E-state index in [2.05, 4.69) is 0 Å². The van der Waals surface area contributed by atoms with Crippen LogP contribution in [0.5, 0.6) is 0 Å². The van der Waals surface area contributed by atoms with Crippen molar-refractivity contribution in [2.75, 3.05) is 12.4 Å². The number of benzene rings is 1. The lowest BCUT2D eigenvalue weighted by Gasteiger charge is -2.31. The minimum atomic E-state index is -5.08. The van der Waals surface area contributed by atoms with E-state index < -0.39 is 52.3 Å². The molecule has 0 aromatic heterocycles. The number of halogens is 6. The lowest BCUT2D eigenvalue weighted by molar-refractivity contribution is -0.148. The van der Waals surface area contributed by atoms with E-state index in [1.54, 1.807) is 20.8 Å². The van der Waals surface area contributed by atoms with Gasteiger partial charge in [-0.1, -0.05) is 13.8 Å². The molecule has 0 N–H and O–H groups in total. The van der Waals surface area contributed by atoms with Gasteiger partial charge in [-0.05, 0) is 31.0 Å². The number of amides is 1. The van der Waals surface area contributed by atoms with Crippen molar-refractivity contribution in [1.29, 1.82) is 0 Å². The first kappa shape index (κ1) is 23.4. The molecule has 1 aliphatic heterocycles. The monoisotopic (exact) mass is 443 g/mol. The van der Waals surface area contributed by atoms with Crippen LogP contribution in [-0.4, -0.2) is 40.6 Å². The predicted molar refractivity (Wildman–Crippen MR) is 94.1 cm³/mol. The second-order valence-corrected chi connectivity index (χ2v) is 7.89. The van der Waals surface area contributed by atoms with E-state index in [1.807, 2.05) is 0 Å². The molecule has 0 bridgehead atoms. The maximum Gasteiger partial charge on any atom is 0.416 e. The van der Waals surface area contributed by atoms with Crippen LogP contribution >= 0.6 is 11.8 Å². The number of nitrogens with zero attached hydrogens (tertiary/aromatic N) is 1. The van der Waals surface area contributed by atoms with Crippen LogP contribution < -0.4 is 0 Å². The molecule has 162 valence electrons. The number of ether oxygens (including phenoxy) is 1. The van der Waals surface area contributed by atoms with E-state index in [0.29, 0.717) is 12.1 Å². The molecule has 1 aliphatic rings. The molecule has 1 heterocycles. The zero-order valence-electron chi connectivity index (χ0n) is 15.7. The zero-order chi connectivity index (χ0) is 22.1. The Kier molecular flexibility index (Phi) is 6.81. The molecule has 0 radical (unpaired) electrons. The lowest BCUT2D eigenvalue weighted by atomic mass is 10.0. The fraction of sp³-hybridized carbons (Fsp3) is 0.556. The third-order valence-corrected chi connectivity index (χ3v) is 5.85. The summed E-state index contributed by atoms with van der Waals surface area (Å²) in [5, 5.41) is -0.596. The molecule has 0 saturated carbocycles. The van der Waals surface area contributed by atoms with Crippen LogP contribution in [0, 0.1) is 5.92 Å². The first-order valence-corrected chi connectivity index (χ1v) is 9.72. The summed E-state index contributed by atoms with van der Waals surface area (Å²) in [5.74, 6) is -1.89. The van der Waals surface area contributed by atoms with Gasteiger partial charge in [-0.2, -0.15) is 26.3 Å². The minimum Gasteiger partial charge on any atom is -0.464 e. The fourth-order valence-corrected chi connectivity index (χ4v) is 4.41. The van der Waals surface area contributed by atoms with Crippen molar-refractivity contribution in [2.45, 2.75) is 44.5 Å². The summed E-state index contributed by atoms with van der Waals surface area (Å²) in [6.07, 6.45) is -10.2. The van der Waals surface area contributed by atoms with E-state index in [9.17, 15) is 35.9 Å². The highest BCUT2D eigenvalue weighted by Crippen LogP contribution is 2.39. The van der Waals surface area contributed by atoms with Gasteiger partial charge in [-0.25, -0.2) is 4.79 Å². The van der Waals surface area contributed by atoms with Gasteiger partial charge in [0.1, 0.15) is 6.04 Å². The Morgan fingerprint density at radius 1 is 1.10 bits per heavy atom. The van der Waals surface area contributed by atoms with Gasteiger partial charge in [0, 0.05) is 11.3 Å². The number of hydrogen-bond acceptors (Lipinski definition) is 4. The Morgan fingerprint density at radius 3 is 2.03 bits per heavy atom. The Morgan fingerprint density at radius 2 is 1.62 bits per heavy atom. The standard InChI is InChI=1S/C18H19F6NO3S/c1-4-28-16(27)13-8-29-15(9(2)3)25(13)14(26)10-5-11(17(19,20)21)7-12(6-10)18(22,23)24/h5-7,9,13,15H,4,8H2,1-3H3. The smallest absolute Gasteiger partial charge is 0.416 e. The fourth-order valence-electron chi connectivity index (χ4n) is 2.95. The third-order valence-electron chi connectivity index (χ3n) is 4.23. The van der Waals surface area contributed by atoms with E-state index in [4.69, 9.17) is 4.74 Å². The van der Waals surface area contributed by atoms with Crippen molar-refractivity contribution in [3.63, 3.8) is 0 Å². The van der Waals surface area contributed by atoms with Crippen molar-refractivity contribution in [1.82, 2.24) is 4.90 Å². The summed E-state index contributed by atoms with van der Waals surface area (Å²) >= 11 is 1.22. The second kappa shape index (κ2) is 8.45. The SMILES string of the molecule is CCOC(=O)C1CSC(C(C)C)N1C(=O)c1cc(C(F)(F)F)cc(C(F)(F)F)c1. The molecule has 1 amide bonds. The van der Waals surface area contributed by atoms with Gasteiger partial charge in [0.2, 0.25) is 0 Å². The Hall–Kier alpha value is -1.91. The molecule has 29 heavy (non-hydrogen) atoms. The van der Waals surface area contributed by atoms with Gasteiger partial charge < -0.3 is 9.64 Å². The molecular weight excluding hydrogens is 424 g/mol. The van der Waals surface area contributed by atoms with Gasteiger partial charge in [0.15, 0.2) is 0 Å². The number of esters is 1. The molecule has 1 aromatic carbocycles. The number of hydrogen-bond donors (Lipinski definition) is 0. The van der Waals surface area contributed by atoms with Crippen LogP contribution in [0.25, 0.3) is 0 Å². The molecular formula is C18H19F6NO3S. The number of rotatable bonds is 4. The average Bonchev–Trinajstić information content (AvgIpc) is 3.04. The van der Waals surface area contributed by atoms with E-state index in [-0.39, 0.29) is 24.3 Å². The summed E-state index contributed by atoms with van der Waals surface area (Å²) in [7, 11) is 0. The van der Waals surface area contributed by atoms with E-state index in [1.165, 1.54) is 11.8 Å². The van der Waals surface area contributed by atoms with Crippen LogP contribution in [0.3, 0.4) is 0 Å². The van der Waals surface area contributed by atoms with Gasteiger partial charge in [-0.3, -0.25) is 4.79 Å². The van der Waals surface area contributed by atoms with Crippen molar-refractivity contribution in [2.24, 2.45) is 5.92 Å². The molecule has 11 heteroatoms. The second-order valence-electron chi connectivity index (χ2n) is 6.74. The van der Waals surface area contributed by atoms with Crippen molar-refractivity contribution in [3.8, 4) is 0 Å². The molecule has 1 saturated heterocycles. The maximum atomic E-state index is 13.1.